The molecule has 0 bridgehead atoms. The Bertz CT molecular complexity index is 495. The van der Waals surface area contributed by atoms with Crippen LogP contribution in [-0.2, 0) is 14.9 Å². The number of esters is 1. The van der Waals surface area contributed by atoms with E-state index in [4.69, 9.17) is 10.5 Å². The highest BCUT2D eigenvalue weighted by molar-refractivity contribution is 9.10. The van der Waals surface area contributed by atoms with Crippen LogP contribution in [0.3, 0.4) is 0 Å². The molecule has 0 saturated carbocycles. The van der Waals surface area contributed by atoms with E-state index in [1.165, 1.54) is 0 Å². The van der Waals surface area contributed by atoms with Gasteiger partial charge >= 0.3 is 5.97 Å². The summed E-state index contributed by atoms with van der Waals surface area (Å²) in [4.78, 5) is 11.5. The van der Waals surface area contributed by atoms with Crippen LogP contribution in [0.1, 0.15) is 51.3 Å². The van der Waals surface area contributed by atoms with E-state index in [0.717, 1.165) is 10.0 Å². The van der Waals surface area contributed by atoms with Gasteiger partial charge in [0, 0.05) is 21.6 Å². The molecule has 0 spiro atoms. The zero-order valence-electron chi connectivity index (χ0n) is 12.4. The Morgan fingerprint density at radius 3 is 2.55 bits per heavy atom. The molecule has 20 heavy (non-hydrogen) atoms. The fraction of sp³-hybridized carbons (Fsp3) is 0.533. The summed E-state index contributed by atoms with van der Waals surface area (Å²) in [7, 11) is 0. The van der Waals surface area contributed by atoms with Gasteiger partial charge in [0.1, 0.15) is 5.75 Å². The number of hydrogen-bond donors (Lipinski definition) is 2. The average Bonchev–Trinajstić information content (AvgIpc) is 2.30. The van der Waals surface area contributed by atoms with Crippen LogP contribution in [-0.4, -0.2) is 17.7 Å². The lowest BCUT2D eigenvalue weighted by atomic mass is 9.84. The Hall–Kier alpha value is -1.07. The summed E-state index contributed by atoms with van der Waals surface area (Å²) in [6.07, 6.45) is 0.0431. The van der Waals surface area contributed by atoms with Gasteiger partial charge in [0.2, 0.25) is 0 Å². The van der Waals surface area contributed by atoms with Crippen molar-refractivity contribution in [1.29, 1.82) is 0 Å². The highest BCUT2D eigenvalue weighted by Gasteiger charge is 2.24. The van der Waals surface area contributed by atoms with Crippen molar-refractivity contribution in [1.82, 2.24) is 0 Å². The molecule has 4 nitrogen and oxygen atoms in total. The molecule has 0 aliphatic carbocycles. The molecule has 3 N–H and O–H groups in total. The molecule has 0 aromatic heterocycles. The molecule has 1 rings (SSSR count). The zero-order chi connectivity index (χ0) is 15.5. The quantitative estimate of drug-likeness (QED) is 0.821. The van der Waals surface area contributed by atoms with E-state index in [0.29, 0.717) is 12.2 Å². The SMILES string of the molecule is CCOC(=O)C[C@H](N)c1cc(Br)cc(C(C)(C)C)c1O. The number of phenolic OH excluding ortho intramolecular Hbond substituents is 1. The van der Waals surface area contributed by atoms with Crippen molar-refractivity contribution in [3.8, 4) is 5.75 Å². The molecule has 1 aromatic rings. The van der Waals surface area contributed by atoms with Gasteiger partial charge in [-0.2, -0.15) is 0 Å². The minimum atomic E-state index is -0.590. The Kier molecular flexibility index (Phi) is 5.59. The summed E-state index contributed by atoms with van der Waals surface area (Å²) < 4.78 is 5.72. The molecule has 0 unspecified atom stereocenters. The predicted octanol–water partition coefficient (Wildman–Crippen LogP) is 3.41. The van der Waals surface area contributed by atoms with Crippen LogP contribution in [0.2, 0.25) is 0 Å². The number of carbonyl (C=O) groups excluding carboxylic acids is 1. The van der Waals surface area contributed by atoms with Crippen LogP contribution in [0.5, 0.6) is 5.75 Å². The molecule has 0 radical (unpaired) electrons. The highest BCUT2D eigenvalue weighted by Crippen LogP contribution is 2.38. The molecular weight excluding hydrogens is 322 g/mol. The van der Waals surface area contributed by atoms with Crippen LogP contribution in [0.4, 0.5) is 0 Å². The molecule has 1 aromatic carbocycles. The monoisotopic (exact) mass is 343 g/mol. The van der Waals surface area contributed by atoms with E-state index in [1.807, 2.05) is 26.8 Å². The molecule has 1 atom stereocenters. The van der Waals surface area contributed by atoms with Crippen LogP contribution in [0.25, 0.3) is 0 Å². The topological polar surface area (TPSA) is 72.5 Å². The van der Waals surface area contributed by atoms with Gasteiger partial charge in [-0.15, -0.1) is 0 Å². The number of halogens is 1. The molecule has 0 aliphatic rings. The second-order valence-corrected chi connectivity index (χ2v) is 6.67. The number of ether oxygens (including phenoxy) is 1. The number of rotatable bonds is 4. The summed E-state index contributed by atoms with van der Waals surface area (Å²) in [6, 6.07) is 3.03. The van der Waals surface area contributed by atoms with E-state index in [2.05, 4.69) is 15.9 Å². The van der Waals surface area contributed by atoms with E-state index in [9.17, 15) is 9.90 Å². The van der Waals surface area contributed by atoms with Gasteiger partial charge in [-0.05, 0) is 24.5 Å². The third-order valence-electron chi connectivity index (χ3n) is 3.00. The van der Waals surface area contributed by atoms with Crippen molar-refractivity contribution in [3.63, 3.8) is 0 Å². The lowest BCUT2D eigenvalue weighted by Gasteiger charge is -2.24. The van der Waals surface area contributed by atoms with Crippen molar-refractivity contribution in [2.45, 2.75) is 45.6 Å². The zero-order valence-corrected chi connectivity index (χ0v) is 14.0. The van der Waals surface area contributed by atoms with Gasteiger partial charge in [-0.3, -0.25) is 4.79 Å². The number of benzene rings is 1. The number of aromatic hydroxyl groups is 1. The van der Waals surface area contributed by atoms with E-state index >= 15 is 0 Å². The summed E-state index contributed by atoms with van der Waals surface area (Å²) in [6.45, 7) is 8.10. The third kappa shape index (κ3) is 4.21. The van der Waals surface area contributed by atoms with Crippen molar-refractivity contribution >= 4 is 21.9 Å². The van der Waals surface area contributed by atoms with E-state index in [-0.39, 0.29) is 23.6 Å². The van der Waals surface area contributed by atoms with Gasteiger partial charge in [0.05, 0.1) is 13.0 Å². The maximum atomic E-state index is 11.5. The lowest BCUT2D eigenvalue weighted by Crippen LogP contribution is -2.19. The number of phenols is 1. The van der Waals surface area contributed by atoms with Gasteiger partial charge in [-0.1, -0.05) is 36.7 Å². The third-order valence-corrected chi connectivity index (χ3v) is 3.46. The number of nitrogens with two attached hydrogens (primary N) is 1. The average molecular weight is 344 g/mol. The molecular formula is C15H22BrNO3. The van der Waals surface area contributed by atoms with Crippen LogP contribution < -0.4 is 5.73 Å². The molecule has 5 heteroatoms. The smallest absolute Gasteiger partial charge is 0.307 e. The Balaban J connectivity index is 3.12. The molecule has 0 amide bonds. The van der Waals surface area contributed by atoms with Gasteiger partial charge in [-0.25, -0.2) is 0 Å². The second-order valence-electron chi connectivity index (χ2n) is 5.76. The first-order valence-electron chi connectivity index (χ1n) is 6.61. The first kappa shape index (κ1) is 17.0. The van der Waals surface area contributed by atoms with Gasteiger partial charge in [0.15, 0.2) is 0 Å². The minimum Gasteiger partial charge on any atom is -0.507 e. The minimum absolute atomic E-state index is 0.0431. The molecule has 0 heterocycles. The summed E-state index contributed by atoms with van der Waals surface area (Å²) in [5, 5.41) is 10.4. The number of carbonyl (C=O) groups is 1. The molecule has 112 valence electrons. The first-order valence-corrected chi connectivity index (χ1v) is 7.40. The normalized spacial score (nSPS) is 13.1. The molecule has 0 aliphatic heterocycles. The van der Waals surface area contributed by atoms with Gasteiger partial charge in [0.25, 0.3) is 0 Å². The Labute approximate surface area is 128 Å². The molecule has 0 saturated heterocycles. The maximum Gasteiger partial charge on any atom is 0.307 e. The van der Waals surface area contributed by atoms with E-state index < -0.39 is 6.04 Å². The van der Waals surface area contributed by atoms with Crippen LogP contribution in [0.15, 0.2) is 16.6 Å². The predicted molar refractivity (Wildman–Crippen MR) is 82.7 cm³/mol. The first-order chi connectivity index (χ1) is 9.16. The number of hydrogen-bond acceptors (Lipinski definition) is 4. The van der Waals surface area contributed by atoms with Crippen molar-refractivity contribution in [2.75, 3.05) is 6.61 Å². The maximum absolute atomic E-state index is 11.5. The molecule has 0 fully saturated rings. The summed E-state index contributed by atoms with van der Waals surface area (Å²) >= 11 is 3.42. The summed E-state index contributed by atoms with van der Waals surface area (Å²) in [5.74, 6) is -0.214. The Morgan fingerprint density at radius 1 is 1.45 bits per heavy atom. The lowest BCUT2D eigenvalue weighted by molar-refractivity contribution is -0.143. The summed E-state index contributed by atoms with van der Waals surface area (Å²) in [5.41, 5.74) is 7.16. The van der Waals surface area contributed by atoms with Crippen LogP contribution >= 0.6 is 15.9 Å². The fourth-order valence-corrected chi connectivity index (χ4v) is 2.46. The van der Waals surface area contributed by atoms with Crippen molar-refractivity contribution in [3.05, 3.63) is 27.7 Å². The van der Waals surface area contributed by atoms with Crippen molar-refractivity contribution in [2.24, 2.45) is 5.73 Å². The van der Waals surface area contributed by atoms with Gasteiger partial charge < -0.3 is 15.6 Å². The Morgan fingerprint density at radius 2 is 2.05 bits per heavy atom. The second kappa shape index (κ2) is 6.59. The highest BCUT2D eigenvalue weighted by atomic mass is 79.9. The van der Waals surface area contributed by atoms with E-state index in [1.54, 1.807) is 13.0 Å². The van der Waals surface area contributed by atoms with Crippen molar-refractivity contribution < 1.29 is 14.6 Å². The largest absolute Gasteiger partial charge is 0.507 e. The fourth-order valence-electron chi connectivity index (χ4n) is 1.98. The van der Waals surface area contributed by atoms with Crippen LogP contribution in [0, 0.1) is 0 Å². The standard InChI is InChI=1S/C15H22BrNO3/c1-5-20-13(18)8-12(17)10-6-9(16)7-11(14(10)19)15(2,3)4/h6-7,12,19H,5,8,17H2,1-4H3/t12-/m0/s1.